The topological polar surface area (TPSA) is 61.9 Å². The Balaban J connectivity index is 1.88. The summed E-state index contributed by atoms with van der Waals surface area (Å²) in [5.41, 5.74) is 1.71. The van der Waals surface area contributed by atoms with Crippen molar-refractivity contribution < 1.29 is 14.3 Å². The van der Waals surface area contributed by atoms with Crippen LogP contribution in [-0.4, -0.2) is 49.0 Å². The average molecular weight is 464 g/mol. The fraction of sp³-hybridized carbons (Fsp3) is 0.391. The number of carbonyl (C=O) groups excluding carboxylic acids is 2. The summed E-state index contributed by atoms with van der Waals surface area (Å²) < 4.78 is 5.87. The maximum absolute atomic E-state index is 12.9. The van der Waals surface area contributed by atoms with Crippen molar-refractivity contribution in [2.45, 2.75) is 33.4 Å². The molecule has 3 rings (SSSR count). The van der Waals surface area contributed by atoms with E-state index >= 15 is 0 Å². The van der Waals surface area contributed by atoms with E-state index in [0.29, 0.717) is 40.1 Å². The Morgan fingerprint density at radius 3 is 2.45 bits per heavy atom. The summed E-state index contributed by atoms with van der Waals surface area (Å²) >= 11 is 12.3. The molecule has 0 saturated heterocycles. The summed E-state index contributed by atoms with van der Waals surface area (Å²) in [6.45, 7) is 9.25. The van der Waals surface area contributed by atoms with Crippen LogP contribution in [0.1, 0.15) is 36.7 Å². The predicted octanol–water partition coefficient (Wildman–Crippen LogP) is 4.38. The van der Waals surface area contributed by atoms with Gasteiger partial charge in [-0.25, -0.2) is 0 Å². The van der Waals surface area contributed by atoms with E-state index in [-0.39, 0.29) is 11.8 Å². The lowest BCUT2D eigenvalue weighted by atomic mass is 10.1. The number of hydrogen-bond acceptors (Lipinski definition) is 4. The van der Waals surface area contributed by atoms with Gasteiger partial charge in [0.2, 0.25) is 0 Å². The van der Waals surface area contributed by atoms with Crippen LogP contribution in [0.15, 0.2) is 36.4 Å². The van der Waals surface area contributed by atoms with Gasteiger partial charge in [0.1, 0.15) is 0 Å². The Hall–Kier alpha value is -2.28. The smallest absolute Gasteiger partial charge is 0.268 e. The summed E-state index contributed by atoms with van der Waals surface area (Å²) in [5, 5.41) is 3.92. The number of anilines is 1. The Kier molecular flexibility index (Phi) is 7.81. The van der Waals surface area contributed by atoms with Gasteiger partial charge in [-0.2, -0.15) is 0 Å². The van der Waals surface area contributed by atoms with Crippen LogP contribution in [0.4, 0.5) is 5.69 Å². The van der Waals surface area contributed by atoms with Crippen LogP contribution in [0.5, 0.6) is 5.75 Å². The molecule has 1 unspecified atom stereocenters. The highest BCUT2D eigenvalue weighted by molar-refractivity contribution is 6.31. The van der Waals surface area contributed by atoms with Crippen LogP contribution in [0.25, 0.3) is 0 Å². The lowest BCUT2D eigenvalue weighted by Crippen LogP contribution is -2.44. The number of ether oxygens (including phenoxy) is 1. The molecule has 2 amide bonds. The molecular formula is C23H27Cl2N3O3. The first-order valence-corrected chi connectivity index (χ1v) is 11.2. The van der Waals surface area contributed by atoms with E-state index in [1.165, 1.54) is 0 Å². The van der Waals surface area contributed by atoms with Crippen molar-refractivity contribution in [3.8, 4) is 5.75 Å². The third kappa shape index (κ3) is 5.50. The molecule has 0 aromatic heterocycles. The van der Waals surface area contributed by atoms with Crippen molar-refractivity contribution in [2.75, 3.05) is 31.1 Å². The number of rotatable bonds is 8. The molecule has 1 heterocycles. The van der Waals surface area contributed by atoms with E-state index < -0.39 is 6.10 Å². The maximum Gasteiger partial charge on any atom is 0.268 e. The first kappa shape index (κ1) is 23.4. The largest absolute Gasteiger partial charge is 0.478 e. The summed E-state index contributed by atoms with van der Waals surface area (Å²) in [5.74, 6) is -0.109. The van der Waals surface area contributed by atoms with Crippen LogP contribution in [0, 0.1) is 0 Å². The molecule has 0 bridgehead atoms. The molecule has 8 heteroatoms. The second kappa shape index (κ2) is 10.4. The zero-order valence-corrected chi connectivity index (χ0v) is 19.5. The van der Waals surface area contributed by atoms with Gasteiger partial charge in [-0.15, -0.1) is 0 Å². The minimum absolute atomic E-state index is 0.197. The standard InChI is InChI=1S/C23H27Cl2N3O3/c1-4-27(5-2)11-10-26-22(29)19-12-18(25)13-20-21(19)31-15(3)23(30)28(20)14-16-6-8-17(24)9-7-16/h6-9,12-13,15H,4-5,10-11,14H2,1-3H3,(H,26,29). The Morgan fingerprint density at radius 1 is 1.13 bits per heavy atom. The molecule has 1 atom stereocenters. The molecule has 0 saturated carbocycles. The predicted molar refractivity (Wildman–Crippen MR) is 124 cm³/mol. The first-order chi connectivity index (χ1) is 14.8. The molecule has 0 radical (unpaired) electrons. The number of amides is 2. The van der Waals surface area contributed by atoms with Crippen LogP contribution >= 0.6 is 23.2 Å². The Labute approximate surface area is 193 Å². The van der Waals surface area contributed by atoms with Gasteiger partial charge in [0.05, 0.1) is 17.8 Å². The first-order valence-electron chi connectivity index (χ1n) is 10.4. The molecular weight excluding hydrogens is 437 g/mol. The molecule has 0 spiro atoms. The highest BCUT2D eigenvalue weighted by Gasteiger charge is 2.35. The van der Waals surface area contributed by atoms with Crippen LogP contribution in [0.2, 0.25) is 10.0 Å². The molecule has 0 aliphatic carbocycles. The molecule has 0 fully saturated rings. The van der Waals surface area contributed by atoms with Gasteiger partial charge in [-0.3, -0.25) is 9.59 Å². The lowest BCUT2D eigenvalue weighted by Gasteiger charge is -2.34. The van der Waals surface area contributed by atoms with Crippen molar-refractivity contribution in [1.82, 2.24) is 10.2 Å². The molecule has 1 aliphatic heterocycles. The molecule has 166 valence electrons. The van der Waals surface area contributed by atoms with Gasteiger partial charge in [-0.1, -0.05) is 49.2 Å². The highest BCUT2D eigenvalue weighted by Crippen LogP contribution is 2.40. The quantitative estimate of drug-likeness (QED) is 0.630. The van der Waals surface area contributed by atoms with Crippen molar-refractivity contribution in [3.63, 3.8) is 0 Å². The van der Waals surface area contributed by atoms with Gasteiger partial charge in [-0.05, 0) is 49.8 Å². The van der Waals surface area contributed by atoms with Crippen molar-refractivity contribution in [2.24, 2.45) is 0 Å². The SMILES string of the molecule is CCN(CC)CCNC(=O)c1cc(Cl)cc2c1OC(C)C(=O)N2Cc1ccc(Cl)cc1. The number of halogens is 2. The Bertz CT molecular complexity index is 946. The fourth-order valence-electron chi connectivity index (χ4n) is 3.54. The number of benzene rings is 2. The lowest BCUT2D eigenvalue weighted by molar-refractivity contribution is -0.125. The van der Waals surface area contributed by atoms with E-state index in [0.717, 1.165) is 25.2 Å². The third-order valence-corrected chi connectivity index (χ3v) is 5.81. The minimum atomic E-state index is -0.719. The molecule has 1 aliphatic rings. The van der Waals surface area contributed by atoms with Gasteiger partial charge in [0.25, 0.3) is 11.8 Å². The van der Waals surface area contributed by atoms with E-state index in [9.17, 15) is 9.59 Å². The summed E-state index contributed by atoms with van der Waals surface area (Å²) in [4.78, 5) is 29.6. The minimum Gasteiger partial charge on any atom is -0.478 e. The number of hydrogen-bond donors (Lipinski definition) is 1. The van der Waals surface area contributed by atoms with E-state index in [4.69, 9.17) is 27.9 Å². The van der Waals surface area contributed by atoms with Gasteiger partial charge in [0.15, 0.2) is 11.9 Å². The second-order valence-corrected chi connectivity index (χ2v) is 8.27. The number of likely N-dealkylation sites (N-methyl/N-ethyl adjacent to an activating group) is 1. The zero-order valence-electron chi connectivity index (χ0n) is 18.0. The zero-order chi connectivity index (χ0) is 22.5. The number of nitrogens with one attached hydrogen (secondary N) is 1. The van der Waals surface area contributed by atoms with Gasteiger partial charge < -0.3 is 19.9 Å². The van der Waals surface area contributed by atoms with E-state index in [2.05, 4.69) is 24.1 Å². The van der Waals surface area contributed by atoms with E-state index in [1.54, 1.807) is 36.1 Å². The normalized spacial score (nSPS) is 15.6. The van der Waals surface area contributed by atoms with E-state index in [1.807, 2.05) is 12.1 Å². The van der Waals surface area contributed by atoms with Crippen molar-refractivity contribution in [1.29, 1.82) is 0 Å². The monoisotopic (exact) mass is 463 g/mol. The molecule has 1 N–H and O–H groups in total. The van der Waals surface area contributed by atoms with Crippen LogP contribution in [0.3, 0.4) is 0 Å². The average Bonchev–Trinajstić information content (AvgIpc) is 2.75. The fourth-order valence-corrected chi connectivity index (χ4v) is 3.87. The molecule has 2 aromatic carbocycles. The summed E-state index contributed by atoms with van der Waals surface area (Å²) in [6, 6.07) is 10.5. The molecule has 31 heavy (non-hydrogen) atoms. The summed E-state index contributed by atoms with van der Waals surface area (Å²) in [7, 11) is 0. The van der Waals surface area contributed by atoms with Crippen molar-refractivity contribution >= 4 is 40.7 Å². The van der Waals surface area contributed by atoms with Gasteiger partial charge >= 0.3 is 0 Å². The summed E-state index contributed by atoms with van der Waals surface area (Å²) in [6.07, 6.45) is -0.719. The second-order valence-electron chi connectivity index (χ2n) is 7.40. The number of carbonyl (C=O) groups is 2. The maximum atomic E-state index is 12.9. The third-order valence-electron chi connectivity index (χ3n) is 5.34. The number of fused-ring (bicyclic) bond motifs is 1. The molecule has 2 aromatic rings. The van der Waals surface area contributed by atoms with Gasteiger partial charge in [0, 0.05) is 23.1 Å². The highest BCUT2D eigenvalue weighted by atomic mass is 35.5. The Morgan fingerprint density at radius 2 is 1.81 bits per heavy atom. The number of nitrogens with zero attached hydrogens (tertiary/aromatic N) is 2. The van der Waals surface area contributed by atoms with Crippen LogP contribution < -0.4 is 15.0 Å². The van der Waals surface area contributed by atoms with Crippen LogP contribution in [-0.2, 0) is 11.3 Å². The van der Waals surface area contributed by atoms with Crippen molar-refractivity contribution in [3.05, 3.63) is 57.6 Å². The molecule has 6 nitrogen and oxygen atoms in total.